The van der Waals surface area contributed by atoms with Gasteiger partial charge < -0.3 is 38.5 Å². The van der Waals surface area contributed by atoms with Gasteiger partial charge in [-0.1, -0.05) is 35.3 Å². The summed E-state index contributed by atoms with van der Waals surface area (Å²) in [4.78, 5) is 12.4. The molecule has 0 unspecified atom stereocenters. The minimum atomic E-state index is -0.205. The lowest BCUT2D eigenvalue weighted by molar-refractivity contribution is -0.916. The molecule has 29 heavy (non-hydrogen) atoms. The molecule has 0 atom stereocenters. The first-order chi connectivity index (χ1) is 13.3. The highest BCUT2D eigenvalue weighted by molar-refractivity contribution is 6.42. The maximum absolute atomic E-state index is 12.4. The van der Waals surface area contributed by atoms with Crippen molar-refractivity contribution in [3.8, 4) is 0 Å². The fraction of sp³-hybridized carbons (Fsp3) is 0.409. The van der Waals surface area contributed by atoms with Crippen LogP contribution in [0.25, 0.3) is 0 Å². The monoisotopic (exact) mass is 548 g/mol. The molecule has 0 saturated carbocycles. The van der Waals surface area contributed by atoms with Crippen LogP contribution in [0.15, 0.2) is 42.5 Å². The molecule has 0 spiro atoms. The molecule has 0 bridgehead atoms. The number of rotatable bonds is 6. The van der Waals surface area contributed by atoms with Gasteiger partial charge in [0.15, 0.2) is 0 Å². The third-order valence-corrected chi connectivity index (χ3v) is 6.29. The summed E-state index contributed by atoms with van der Waals surface area (Å²) in [5.74, 6) is -0.205. The molecule has 2 aromatic carbocycles. The third-order valence-electron chi connectivity index (χ3n) is 5.55. The summed E-state index contributed by atoms with van der Waals surface area (Å²) in [6.07, 6.45) is 3.27. The molecule has 1 heterocycles. The minimum absolute atomic E-state index is 0. The van der Waals surface area contributed by atoms with Crippen molar-refractivity contribution in [3.05, 3.63) is 63.6 Å². The molecule has 158 valence electrons. The Morgan fingerprint density at radius 1 is 1.07 bits per heavy atom. The van der Waals surface area contributed by atoms with Gasteiger partial charge in [-0.15, -0.1) is 0 Å². The molecule has 0 radical (unpaired) electrons. The number of ether oxygens (including phenoxy) is 1. The number of nitrogens with one attached hydrogen (secondary N) is 1. The van der Waals surface area contributed by atoms with Crippen LogP contribution >= 0.6 is 23.2 Å². The summed E-state index contributed by atoms with van der Waals surface area (Å²) < 4.78 is 6.50. The van der Waals surface area contributed by atoms with Crippen LogP contribution in [0, 0.1) is 0 Å². The number of amides is 1. The predicted molar refractivity (Wildman–Crippen MR) is 115 cm³/mol. The first-order valence-corrected chi connectivity index (χ1v) is 10.4. The second-order valence-corrected chi connectivity index (χ2v) is 8.69. The molecule has 3 rings (SSSR count). The number of quaternary nitrogens is 1. The molecule has 1 saturated heterocycles. The van der Waals surface area contributed by atoms with E-state index in [9.17, 15) is 4.79 Å². The fourth-order valence-corrected chi connectivity index (χ4v) is 3.88. The van der Waals surface area contributed by atoms with Crippen LogP contribution in [0.3, 0.4) is 0 Å². The van der Waals surface area contributed by atoms with Gasteiger partial charge in [-0.3, -0.25) is 4.79 Å². The number of hydrogen-bond acceptors (Lipinski definition) is 2. The highest BCUT2D eigenvalue weighted by atomic mass is 127. The van der Waals surface area contributed by atoms with Crippen molar-refractivity contribution < 1.29 is 38.0 Å². The number of hydrogen-bond donors (Lipinski definition) is 1. The van der Waals surface area contributed by atoms with E-state index in [1.807, 2.05) is 12.1 Å². The Kier molecular flexibility index (Phi) is 9.22. The lowest BCUT2D eigenvalue weighted by Gasteiger charge is -2.40. The standard InChI is InChI=1S/C22H26Cl2N2O2.HI/c1-26(2,19-10-13-28-14-11-19)12-9-16-3-6-18(7-4-16)25-22(27)17-5-8-20(23)21(24)15-17;/h3-8,15,19H,9-14H2,1-2H3;1H. The average molecular weight is 549 g/mol. The highest BCUT2D eigenvalue weighted by Crippen LogP contribution is 2.23. The van der Waals surface area contributed by atoms with Gasteiger partial charge >= 0.3 is 0 Å². The quantitative estimate of drug-likeness (QED) is 0.443. The van der Waals surface area contributed by atoms with Crippen LogP contribution in [0.2, 0.25) is 10.0 Å². The summed E-state index contributed by atoms with van der Waals surface area (Å²) in [5, 5.41) is 3.70. The summed E-state index contributed by atoms with van der Waals surface area (Å²) >= 11 is 11.9. The van der Waals surface area contributed by atoms with E-state index in [0.717, 1.165) is 49.2 Å². The van der Waals surface area contributed by atoms with Crippen LogP contribution in [0.4, 0.5) is 5.69 Å². The molecule has 1 N–H and O–H groups in total. The Morgan fingerprint density at radius 2 is 1.72 bits per heavy atom. The Bertz CT molecular complexity index is 822. The Morgan fingerprint density at radius 3 is 2.34 bits per heavy atom. The van der Waals surface area contributed by atoms with E-state index >= 15 is 0 Å². The van der Waals surface area contributed by atoms with E-state index < -0.39 is 0 Å². The van der Waals surface area contributed by atoms with Crippen LogP contribution in [0.1, 0.15) is 28.8 Å². The van der Waals surface area contributed by atoms with E-state index in [2.05, 4.69) is 31.5 Å². The zero-order valence-electron chi connectivity index (χ0n) is 16.8. The van der Waals surface area contributed by atoms with Gasteiger partial charge in [0.1, 0.15) is 0 Å². The van der Waals surface area contributed by atoms with Gasteiger partial charge in [0.25, 0.3) is 5.91 Å². The molecule has 7 heteroatoms. The van der Waals surface area contributed by atoms with Crippen molar-refractivity contribution >= 4 is 34.8 Å². The molecule has 1 aliphatic rings. The predicted octanol–water partition coefficient (Wildman–Crippen LogP) is 2.05. The van der Waals surface area contributed by atoms with Crippen molar-refractivity contribution in [1.82, 2.24) is 0 Å². The minimum Gasteiger partial charge on any atom is -1.00 e. The Hall–Kier alpha value is -0.860. The van der Waals surface area contributed by atoms with Crippen molar-refractivity contribution in [1.29, 1.82) is 0 Å². The van der Waals surface area contributed by atoms with Gasteiger partial charge in [0.05, 0.1) is 49.9 Å². The zero-order valence-corrected chi connectivity index (χ0v) is 20.4. The Labute approximate surface area is 200 Å². The fourth-order valence-electron chi connectivity index (χ4n) is 3.58. The van der Waals surface area contributed by atoms with Gasteiger partial charge in [0, 0.05) is 30.5 Å². The number of carbonyl (C=O) groups excluding carboxylic acids is 1. The van der Waals surface area contributed by atoms with E-state index in [0.29, 0.717) is 21.7 Å². The summed E-state index contributed by atoms with van der Waals surface area (Å²) in [6.45, 7) is 2.83. The molecule has 1 aliphatic heterocycles. The molecular weight excluding hydrogens is 522 g/mol. The van der Waals surface area contributed by atoms with Crippen molar-refractivity contribution in [2.75, 3.05) is 39.2 Å². The first kappa shape index (κ1) is 24.4. The topological polar surface area (TPSA) is 38.3 Å². The first-order valence-electron chi connectivity index (χ1n) is 9.61. The number of anilines is 1. The third kappa shape index (κ3) is 6.82. The summed E-state index contributed by atoms with van der Waals surface area (Å²) in [5.41, 5.74) is 2.51. The second-order valence-electron chi connectivity index (χ2n) is 7.88. The summed E-state index contributed by atoms with van der Waals surface area (Å²) in [6, 6.07) is 13.6. The van der Waals surface area contributed by atoms with E-state index in [1.165, 1.54) is 5.56 Å². The zero-order chi connectivity index (χ0) is 20.1. The number of benzene rings is 2. The number of carbonyl (C=O) groups is 1. The smallest absolute Gasteiger partial charge is 0.255 e. The molecule has 2 aromatic rings. The molecule has 0 aromatic heterocycles. The average Bonchev–Trinajstić information content (AvgIpc) is 2.70. The lowest BCUT2D eigenvalue weighted by Crippen LogP contribution is -3.00. The van der Waals surface area contributed by atoms with Crippen LogP contribution in [0.5, 0.6) is 0 Å². The number of nitrogens with zero attached hydrogens (tertiary/aromatic N) is 1. The molecule has 4 nitrogen and oxygen atoms in total. The molecule has 1 amide bonds. The molecular formula is C22H27Cl2IN2O2. The van der Waals surface area contributed by atoms with E-state index in [4.69, 9.17) is 27.9 Å². The number of halogens is 3. The van der Waals surface area contributed by atoms with Crippen molar-refractivity contribution in [2.45, 2.75) is 25.3 Å². The number of likely N-dealkylation sites (N-methyl/N-ethyl adjacent to an activating group) is 1. The van der Waals surface area contributed by atoms with E-state index in [1.54, 1.807) is 18.2 Å². The van der Waals surface area contributed by atoms with E-state index in [-0.39, 0.29) is 29.9 Å². The van der Waals surface area contributed by atoms with Gasteiger partial charge in [0.2, 0.25) is 0 Å². The van der Waals surface area contributed by atoms with Crippen LogP contribution in [-0.2, 0) is 11.2 Å². The largest absolute Gasteiger partial charge is 1.00 e. The highest BCUT2D eigenvalue weighted by Gasteiger charge is 2.29. The van der Waals surface area contributed by atoms with Crippen LogP contribution in [-0.4, -0.2) is 50.3 Å². The van der Waals surface area contributed by atoms with Gasteiger partial charge in [-0.05, 0) is 35.9 Å². The summed E-state index contributed by atoms with van der Waals surface area (Å²) in [7, 11) is 4.61. The van der Waals surface area contributed by atoms with Gasteiger partial charge in [-0.2, -0.15) is 0 Å². The van der Waals surface area contributed by atoms with Crippen molar-refractivity contribution in [2.24, 2.45) is 0 Å². The SMILES string of the molecule is C[N+](C)(CCc1ccc(NC(=O)c2ccc(Cl)c(Cl)c2)cc1)C1CCOCC1.[I-]. The molecule has 1 fully saturated rings. The van der Waals surface area contributed by atoms with Crippen LogP contribution < -0.4 is 29.3 Å². The van der Waals surface area contributed by atoms with Crippen molar-refractivity contribution in [3.63, 3.8) is 0 Å². The normalized spacial score (nSPS) is 14.9. The Balaban J connectivity index is 0.00000300. The molecule has 0 aliphatic carbocycles. The van der Waals surface area contributed by atoms with Gasteiger partial charge in [-0.25, -0.2) is 0 Å². The maximum Gasteiger partial charge on any atom is 0.255 e. The maximum atomic E-state index is 12.4. The lowest BCUT2D eigenvalue weighted by atomic mass is 10.0. The second kappa shape index (κ2) is 11.0.